The zero-order valence-electron chi connectivity index (χ0n) is 32.3. The largest absolute Gasteiger partial charge is 0.505 e. The second kappa shape index (κ2) is 12.2. The molecule has 0 saturated heterocycles. The Bertz CT molecular complexity index is 2670. The Kier molecular flexibility index (Phi) is 7.92. The van der Waals surface area contributed by atoms with Crippen molar-refractivity contribution in [1.82, 2.24) is 18.9 Å². The zero-order chi connectivity index (χ0) is 37.4. The third kappa shape index (κ3) is 5.98. The van der Waals surface area contributed by atoms with Crippen LogP contribution in [0.4, 0.5) is 0 Å². The van der Waals surface area contributed by atoms with Gasteiger partial charge in [-0.2, -0.15) is 0 Å². The second-order valence-electron chi connectivity index (χ2n) is 17.5. The highest BCUT2D eigenvalue weighted by atomic mass is 16.3. The first-order valence-electron chi connectivity index (χ1n) is 18.6. The first-order valence-corrected chi connectivity index (χ1v) is 18.6. The molecule has 1 N–H and O–H groups in total. The molecule has 5 aromatic carbocycles. The van der Waals surface area contributed by atoms with Gasteiger partial charge in [-0.1, -0.05) is 129 Å². The lowest BCUT2D eigenvalue weighted by Gasteiger charge is -2.27. The number of phenols is 1. The van der Waals surface area contributed by atoms with Gasteiger partial charge in [-0.05, 0) is 92.6 Å². The van der Waals surface area contributed by atoms with Crippen molar-refractivity contribution in [3.63, 3.8) is 0 Å². The SMILES string of the molecule is CC(C)(C)c1cc(-c2cc(-c3ccccc3)ccn2)cc(-c2cccc3c2nc2n(-c4cc(C(C)(C)C)cc(C(C)(C)C)c4O)c4ccccc4n32)c1. The fraction of sp³-hybridized carbons (Fsp3) is 0.250. The quantitative estimate of drug-likeness (QED) is 0.199. The lowest BCUT2D eigenvalue weighted by atomic mass is 9.79. The number of aromatic hydroxyl groups is 1. The Hall–Kier alpha value is -5.68. The van der Waals surface area contributed by atoms with Crippen LogP contribution in [-0.2, 0) is 16.2 Å². The molecule has 0 radical (unpaired) electrons. The number of benzene rings is 5. The van der Waals surface area contributed by atoms with Gasteiger partial charge >= 0.3 is 0 Å². The summed E-state index contributed by atoms with van der Waals surface area (Å²) in [4.78, 5) is 10.3. The van der Waals surface area contributed by atoms with Crippen molar-refractivity contribution in [3.8, 4) is 44.9 Å². The van der Waals surface area contributed by atoms with Gasteiger partial charge in [0.25, 0.3) is 0 Å². The van der Waals surface area contributed by atoms with Gasteiger partial charge in [0.05, 0.1) is 33.4 Å². The molecule has 3 aromatic heterocycles. The molecule has 0 aliphatic heterocycles. The molecule has 0 atom stereocenters. The molecular formula is C48H48N4O. The highest BCUT2D eigenvalue weighted by Crippen LogP contribution is 2.43. The normalized spacial score (nSPS) is 12.7. The number of hydrogen-bond donors (Lipinski definition) is 1. The zero-order valence-corrected chi connectivity index (χ0v) is 32.3. The number of pyridine rings is 1. The van der Waals surface area contributed by atoms with Gasteiger partial charge in [-0.3, -0.25) is 14.0 Å². The molecule has 0 aliphatic rings. The Balaban J connectivity index is 1.40. The lowest BCUT2D eigenvalue weighted by molar-refractivity contribution is 0.442. The number of para-hydroxylation sites is 3. The number of nitrogens with zero attached hydrogens (tertiary/aromatic N) is 4. The lowest BCUT2D eigenvalue weighted by Crippen LogP contribution is -2.18. The van der Waals surface area contributed by atoms with Crippen molar-refractivity contribution in [2.24, 2.45) is 0 Å². The average molecular weight is 697 g/mol. The van der Waals surface area contributed by atoms with E-state index in [4.69, 9.17) is 9.97 Å². The smallest absolute Gasteiger partial charge is 0.220 e. The molecule has 0 bridgehead atoms. The van der Waals surface area contributed by atoms with Gasteiger partial charge in [0, 0.05) is 22.9 Å². The summed E-state index contributed by atoms with van der Waals surface area (Å²) in [5.41, 5.74) is 14.0. The Morgan fingerprint density at radius 3 is 1.87 bits per heavy atom. The molecule has 5 heteroatoms. The van der Waals surface area contributed by atoms with Crippen molar-refractivity contribution >= 4 is 27.8 Å². The number of rotatable bonds is 4. The van der Waals surface area contributed by atoms with Gasteiger partial charge in [0.2, 0.25) is 5.78 Å². The monoisotopic (exact) mass is 696 g/mol. The molecule has 0 unspecified atom stereocenters. The maximum atomic E-state index is 12.1. The minimum Gasteiger partial charge on any atom is -0.505 e. The number of fused-ring (bicyclic) bond motifs is 5. The van der Waals surface area contributed by atoms with E-state index in [1.54, 1.807) is 0 Å². The minimum absolute atomic E-state index is 0.0955. The van der Waals surface area contributed by atoms with E-state index in [9.17, 15) is 5.11 Å². The molecule has 0 spiro atoms. The summed E-state index contributed by atoms with van der Waals surface area (Å²) in [6.45, 7) is 19.9. The van der Waals surface area contributed by atoms with Gasteiger partial charge in [-0.15, -0.1) is 0 Å². The molecule has 8 aromatic rings. The van der Waals surface area contributed by atoms with Gasteiger partial charge < -0.3 is 5.11 Å². The molecule has 0 saturated carbocycles. The molecule has 5 nitrogen and oxygen atoms in total. The minimum atomic E-state index is -0.266. The van der Waals surface area contributed by atoms with Crippen LogP contribution >= 0.6 is 0 Å². The summed E-state index contributed by atoms with van der Waals surface area (Å²) in [7, 11) is 0. The van der Waals surface area contributed by atoms with Crippen LogP contribution in [0.15, 0.2) is 121 Å². The van der Waals surface area contributed by atoms with Crippen LogP contribution in [0.2, 0.25) is 0 Å². The first kappa shape index (κ1) is 34.4. The van der Waals surface area contributed by atoms with Crippen LogP contribution in [0.1, 0.15) is 79.0 Å². The van der Waals surface area contributed by atoms with Gasteiger partial charge in [-0.25, -0.2) is 4.98 Å². The highest BCUT2D eigenvalue weighted by Gasteiger charge is 2.28. The fourth-order valence-electron chi connectivity index (χ4n) is 7.45. The molecular weight excluding hydrogens is 649 g/mol. The van der Waals surface area contributed by atoms with Crippen LogP contribution in [0.5, 0.6) is 5.75 Å². The summed E-state index contributed by atoms with van der Waals surface area (Å²) in [6.07, 6.45) is 1.91. The van der Waals surface area contributed by atoms with Gasteiger partial charge in [0.1, 0.15) is 5.75 Å². The second-order valence-corrected chi connectivity index (χ2v) is 17.5. The predicted octanol–water partition coefficient (Wildman–Crippen LogP) is 12.4. The third-order valence-electron chi connectivity index (χ3n) is 10.5. The standard InChI is InChI=1S/C48H48N4O/c1-46(2,3)34-25-32(24-33(26-34)38-27-31(22-23-49-38)30-16-11-10-12-17-30)36-18-15-21-41-43(36)50-45-51(41)39-19-13-14-20-40(39)52(45)42-29-35(47(4,5)6)28-37(44(42)53)48(7,8)9/h10-29,53H,1-9H3. The molecule has 8 rings (SSSR count). The van der Waals surface area contributed by atoms with E-state index in [0.29, 0.717) is 0 Å². The van der Waals surface area contributed by atoms with E-state index >= 15 is 0 Å². The summed E-state index contributed by atoms with van der Waals surface area (Å²) < 4.78 is 4.39. The van der Waals surface area contributed by atoms with Crippen LogP contribution in [0.25, 0.3) is 67.0 Å². The van der Waals surface area contributed by atoms with E-state index < -0.39 is 0 Å². The van der Waals surface area contributed by atoms with E-state index in [1.807, 2.05) is 12.3 Å². The van der Waals surface area contributed by atoms with Crippen LogP contribution in [-0.4, -0.2) is 24.0 Å². The van der Waals surface area contributed by atoms with E-state index in [2.05, 4.69) is 180 Å². The van der Waals surface area contributed by atoms with Crippen LogP contribution in [0.3, 0.4) is 0 Å². The molecule has 3 heterocycles. The van der Waals surface area contributed by atoms with Gasteiger partial charge in [0.15, 0.2) is 0 Å². The maximum absolute atomic E-state index is 12.1. The molecule has 0 aliphatic carbocycles. The maximum Gasteiger partial charge on any atom is 0.220 e. The molecule has 266 valence electrons. The predicted molar refractivity (Wildman–Crippen MR) is 221 cm³/mol. The van der Waals surface area contributed by atoms with Crippen molar-refractivity contribution < 1.29 is 5.11 Å². The number of hydrogen-bond acceptors (Lipinski definition) is 3. The third-order valence-corrected chi connectivity index (χ3v) is 10.5. The molecule has 53 heavy (non-hydrogen) atoms. The summed E-state index contributed by atoms with van der Waals surface area (Å²) >= 11 is 0. The van der Waals surface area contributed by atoms with Crippen LogP contribution < -0.4 is 0 Å². The fourth-order valence-corrected chi connectivity index (χ4v) is 7.45. The topological polar surface area (TPSA) is 55.3 Å². The number of imidazole rings is 2. The average Bonchev–Trinajstić information content (AvgIpc) is 3.65. The van der Waals surface area contributed by atoms with Crippen LogP contribution in [0, 0.1) is 0 Å². The summed E-state index contributed by atoms with van der Waals surface area (Å²) in [5.74, 6) is 1.05. The van der Waals surface area contributed by atoms with Crippen molar-refractivity contribution in [2.45, 2.75) is 78.6 Å². The Morgan fingerprint density at radius 1 is 0.528 bits per heavy atom. The Labute approximate surface area is 312 Å². The van der Waals surface area contributed by atoms with Crippen molar-refractivity contribution in [1.29, 1.82) is 0 Å². The number of phenolic OH excluding ortho intramolecular Hbond substituents is 1. The van der Waals surface area contributed by atoms with E-state index in [-0.39, 0.29) is 22.0 Å². The number of aromatic nitrogens is 4. The first-order chi connectivity index (χ1) is 25.1. The Morgan fingerprint density at radius 2 is 1.17 bits per heavy atom. The summed E-state index contributed by atoms with van der Waals surface area (Å²) in [6, 6.07) is 40.7. The highest BCUT2D eigenvalue weighted by molar-refractivity contribution is 5.99. The summed E-state index contributed by atoms with van der Waals surface area (Å²) in [5, 5.41) is 12.1. The molecule has 0 fully saturated rings. The van der Waals surface area contributed by atoms with E-state index in [1.165, 1.54) is 16.7 Å². The van der Waals surface area contributed by atoms with Crippen molar-refractivity contribution in [3.05, 3.63) is 138 Å². The molecule has 0 amide bonds. The van der Waals surface area contributed by atoms with Crippen molar-refractivity contribution in [2.75, 3.05) is 0 Å². The van der Waals surface area contributed by atoms with E-state index in [0.717, 1.165) is 67.0 Å².